The summed E-state index contributed by atoms with van der Waals surface area (Å²) in [5, 5.41) is 7.09. The minimum atomic E-state index is 0.351. The molecule has 0 heterocycles. The molecule has 0 spiro atoms. The first-order valence-corrected chi connectivity index (χ1v) is 15.7. The molecule has 4 heteroatoms. The van der Waals surface area contributed by atoms with E-state index in [-0.39, 0.29) is 0 Å². The van der Waals surface area contributed by atoms with E-state index in [0.29, 0.717) is 6.04 Å². The van der Waals surface area contributed by atoms with Gasteiger partial charge in [-0.25, -0.2) is 0 Å². The van der Waals surface area contributed by atoms with E-state index in [9.17, 15) is 0 Å². The number of hydrogen-bond acceptors (Lipinski definition) is 4. The Morgan fingerprint density at radius 3 is 1.16 bits per heavy atom. The minimum absolute atomic E-state index is 0.351. The number of aryl methyl sites for hydroxylation is 1. The standard InChI is InChI=1S/C41H40N4/c1-4-32(3)44(39-25-19-34(20-26-39)42-33-17-15-31(2)16-18-33)40-27-21-35(22-28-40)43-36-23-29-41(30-24-36)45(37-11-7-5-8-12-37)38-13-9-6-10-14-38/h5-30,32,42-43H,4H2,1-3H3. The number of hydrogen-bond donors (Lipinski definition) is 2. The third-order valence-electron chi connectivity index (χ3n) is 8.11. The van der Waals surface area contributed by atoms with Crippen LogP contribution in [0.2, 0.25) is 0 Å². The van der Waals surface area contributed by atoms with Crippen molar-refractivity contribution < 1.29 is 0 Å². The van der Waals surface area contributed by atoms with Crippen LogP contribution in [0, 0.1) is 6.92 Å². The van der Waals surface area contributed by atoms with Crippen LogP contribution in [0.25, 0.3) is 0 Å². The first kappa shape index (κ1) is 29.6. The number of anilines is 9. The molecule has 0 bridgehead atoms. The first-order valence-electron chi connectivity index (χ1n) is 15.7. The second-order valence-corrected chi connectivity index (χ2v) is 11.4. The van der Waals surface area contributed by atoms with Crippen LogP contribution in [0.15, 0.2) is 158 Å². The molecule has 224 valence electrons. The van der Waals surface area contributed by atoms with E-state index in [1.165, 1.54) is 16.9 Å². The maximum atomic E-state index is 3.59. The Bertz CT molecular complexity index is 1730. The van der Waals surface area contributed by atoms with Crippen LogP contribution in [-0.4, -0.2) is 6.04 Å². The fraction of sp³-hybridized carbons (Fsp3) is 0.122. The molecule has 0 saturated carbocycles. The van der Waals surface area contributed by atoms with E-state index in [1.54, 1.807) is 0 Å². The van der Waals surface area contributed by atoms with Crippen LogP contribution >= 0.6 is 0 Å². The molecule has 0 fully saturated rings. The van der Waals surface area contributed by atoms with E-state index in [0.717, 1.165) is 46.2 Å². The fourth-order valence-electron chi connectivity index (χ4n) is 5.52. The van der Waals surface area contributed by atoms with Crippen LogP contribution in [-0.2, 0) is 0 Å². The summed E-state index contributed by atoms with van der Waals surface area (Å²) in [6.45, 7) is 6.62. The summed E-state index contributed by atoms with van der Waals surface area (Å²) < 4.78 is 0. The Balaban J connectivity index is 1.17. The predicted molar refractivity (Wildman–Crippen MR) is 194 cm³/mol. The van der Waals surface area contributed by atoms with Gasteiger partial charge in [-0.2, -0.15) is 0 Å². The Morgan fingerprint density at radius 2 is 0.778 bits per heavy atom. The monoisotopic (exact) mass is 588 g/mol. The number of para-hydroxylation sites is 2. The number of benzene rings is 6. The molecule has 2 N–H and O–H groups in total. The highest BCUT2D eigenvalue weighted by atomic mass is 15.2. The van der Waals surface area contributed by atoms with E-state index >= 15 is 0 Å². The summed E-state index contributed by atoms with van der Waals surface area (Å²) in [6, 6.07) is 55.8. The third kappa shape index (κ3) is 7.19. The Hall–Kier alpha value is -5.48. The molecular weight excluding hydrogens is 548 g/mol. The summed E-state index contributed by atoms with van der Waals surface area (Å²) in [6.07, 6.45) is 1.04. The van der Waals surface area contributed by atoms with Crippen LogP contribution in [0.1, 0.15) is 25.8 Å². The number of rotatable bonds is 11. The van der Waals surface area contributed by atoms with Crippen molar-refractivity contribution in [2.75, 3.05) is 20.4 Å². The summed E-state index contributed by atoms with van der Waals surface area (Å²) in [7, 11) is 0. The second kappa shape index (κ2) is 13.9. The van der Waals surface area contributed by atoms with Gasteiger partial charge in [0.05, 0.1) is 0 Å². The predicted octanol–water partition coefficient (Wildman–Crippen LogP) is 11.9. The van der Waals surface area contributed by atoms with E-state index in [2.05, 4.69) is 187 Å². The lowest BCUT2D eigenvalue weighted by molar-refractivity contribution is 0.688. The van der Waals surface area contributed by atoms with Crippen LogP contribution in [0.3, 0.4) is 0 Å². The normalized spacial score (nSPS) is 11.4. The lowest BCUT2D eigenvalue weighted by Gasteiger charge is -2.31. The molecule has 1 unspecified atom stereocenters. The van der Waals surface area contributed by atoms with Gasteiger partial charge in [-0.05, 0) is 129 Å². The molecule has 4 nitrogen and oxygen atoms in total. The molecule has 0 aliphatic rings. The zero-order chi connectivity index (χ0) is 31.0. The summed E-state index contributed by atoms with van der Waals surface area (Å²) in [4.78, 5) is 4.68. The van der Waals surface area contributed by atoms with Gasteiger partial charge in [0, 0.05) is 57.2 Å². The molecule has 0 aromatic heterocycles. The molecule has 45 heavy (non-hydrogen) atoms. The van der Waals surface area contributed by atoms with Crippen molar-refractivity contribution in [2.24, 2.45) is 0 Å². The lowest BCUT2D eigenvalue weighted by Crippen LogP contribution is -2.27. The lowest BCUT2D eigenvalue weighted by atomic mass is 10.1. The molecule has 0 aliphatic heterocycles. The van der Waals surface area contributed by atoms with Crippen molar-refractivity contribution in [3.05, 3.63) is 163 Å². The molecule has 0 amide bonds. The maximum Gasteiger partial charge on any atom is 0.0463 e. The van der Waals surface area contributed by atoms with Crippen molar-refractivity contribution in [3.8, 4) is 0 Å². The molecule has 1 atom stereocenters. The highest BCUT2D eigenvalue weighted by molar-refractivity contribution is 5.78. The van der Waals surface area contributed by atoms with Crippen molar-refractivity contribution in [1.82, 2.24) is 0 Å². The number of nitrogens with one attached hydrogen (secondary N) is 2. The molecule has 6 aromatic carbocycles. The zero-order valence-electron chi connectivity index (χ0n) is 26.2. The van der Waals surface area contributed by atoms with Gasteiger partial charge in [0.1, 0.15) is 0 Å². The largest absolute Gasteiger partial charge is 0.356 e. The van der Waals surface area contributed by atoms with Gasteiger partial charge in [0.25, 0.3) is 0 Å². The Morgan fingerprint density at radius 1 is 0.444 bits per heavy atom. The van der Waals surface area contributed by atoms with Crippen LogP contribution in [0.5, 0.6) is 0 Å². The molecule has 0 aliphatic carbocycles. The number of nitrogens with zero attached hydrogens (tertiary/aromatic N) is 2. The van der Waals surface area contributed by atoms with Crippen molar-refractivity contribution in [1.29, 1.82) is 0 Å². The molecule has 6 rings (SSSR count). The second-order valence-electron chi connectivity index (χ2n) is 11.4. The van der Waals surface area contributed by atoms with E-state index in [4.69, 9.17) is 0 Å². The molecule has 0 radical (unpaired) electrons. The van der Waals surface area contributed by atoms with Crippen LogP contribution in [0.4, 0.5) is 51.2 Å². The smallest absolute Gasteiger partial charge is 0.0463 e. The van der Waals surface area contributed by atoms with Gasteiger partial charge in [-0.1, -0.05) is 61.0 Å². The van der Waals surface area contributed by atoms with Crippen molar-refractivity contribution >= 4 is 51.2 Å². The average Bonchev–Trinajstić information content (AvgIpc) is 3.09. The van der Waals surface area contributed by atoms with Gasteiger partial charge in [0.15, 0.2) is 0 Å². The summed E-state index contributed by atoms with van der Waals surface area (Å²) in [5.41, 5.74) is 11.2. The third-order valence-corrected chi connectivity index (χ3v) is 8.11. The van der Waals surface area contributed by atoms with Gasteiger partial charge >= 0.3 is 0 Å². The first-order chi connectivity index (χ1) is 22.1. The highest BCUT2D eigenvalue weighted by Crippen LogP contribution is 2.36. The van der Waals surface area contributed by atoms with Gasteiger partial charge in [0.2, 0.25) is 0 Å². The summed E-state index contributed by atoms with van der Waals surface area (Å²) >= 11 is 0. The van der Waals surface area contributed by atoms with Gasteiger partial charge in [-0.15, -0.1) is 0 Å². The Kier molecular flexibility index (Phi) is 9.12. The topological polar surface area (TPSA) is 30.5 Å². The fourth-order valence-corrected chi connectivity index (χ4v) is 5.52. The molecule has 0 saturated heterocycles. The molecular formula is C41H40N4. The van der Waals surface area contributed by atoms with Gasteiger partial charge < -0.3 is 20.4 Å². The van der Waals surface area contributed by atoms with E-state index in [1.807, 2.05) is 12.1 Å². The minimum Gasteiger partial charge on any atom is -0.356 e. The van der Waals surface area contributed by atoms with Gasteiger partial charge in [-0.3, -0.25) is 0 Å². The molecule has 6 aromatic rings. The zero-order valence-corrected chi connectivity index (χ0v) is 26.2. The van der Waals surface area contributed by atoms with Crippen molar-refractivity contribution in [2.45, 2.75) is 33.2 Å². The highest BCUT2D eigenvalue weighted by Gasteiger charge is 2.16. The van der Waals surface area contributed by atoms with Crippen LogP contribution < -0.4 is 20.4 Å². The SMILES string of the molecule is CCC(C)N(c1ccc(Nc2ccc(C)cc2)cc1)c1ccc(Nc2ccc(N(c3ccccc3)c3ccccc3)cc2)cc1. The maximum absolute atomic E-state index is 3.59. The van der Waals surface area contributed by atoms with E-state index < -0.39 is 0 Å². The quantitative estimate of drug-likeness (QED) is 0.158. The van der Waals surface area contributed by atoms with Crippen molar-refractivity contribution in [3.63, 3.8) is 0 Å². The Labute approximate surface area is 267 Å². The summed E-state index contributed by atoms with van der Waals surface area (Å²) in [5.74, 6) is 0. The average molecular weight is 589 g/mol.